The van der Waals surface area contributed by atoms with Crippen molar-refractivity contribution in [2.45, 2.75) is 51.6 Å². The molecule has 0 bridgehead atoms. The van der Waals surface area contributed by atoms with E-state index in [4.69, 9.17) is 5.11 Å². The minimum Gasteiger partial charge on any atom is -0.481 e. The van der Waals surface area contributed by atoms with E-state index < -0.39 is 5.97 Å². The van der Waals surface area contributed by atoms with E-state index in [1.807, 2.05) is 0 Å². The molecule has 1 saturated heterocycles. The standard InChI is InChI=1S/C12H22N2O3/c1-3-9(2)14-8-4-7-13-12(17)10(14)5-6-11(15)16/h9-10H,3-8H2,1-2H3,(H,13,17)(H,15,16). The smallest absolute Gasteiger partial charge is 0.303 e. The van der Waals surface area contributed by atoms with E-state index in [0.717, 1.165) is 19.4 Å². The molecule has 5 heteroatoms. The van der Waals surface area contributed by atoms with Crippen LogP contribution in [0.5, 0.6) is 0 Å². The molecular weight excluding hydrogens is 220 g/mol. The summed E-state index contributed by atoms with van der Waals surface area (Å²) in [5.74, 6) is -0.866. The van der Waals surface area contributed by atoms with Gasteiger partial charge in [0.15, 0.2) is 0 Å². The van der Waals surface area contributed by atoms with Crippen molar-refractivity contribution in [3.8, 4) is 0 Å². The van der Waals surface area contributed by atoms with Crippen LogP contribution in [-0.2, 0) is 9.59 Å². The molecule has 1 aliphatic rings. The van der Waals surface area contributed by atoms with Gasteiger partial charge in [-0.15, -0.1) is 0 Å². The molecular formula is C12H22N2O3. The van der Waals surface area contributed by atoms with Crippen LogP contribution in [-0.4, -0.2) is 47.1 Å². The van der Waals surface area contributed by atoms with Crippen molar-refractivity contribution in [1.29, 1.82) is 0 Å². The Labute approximate surface area is 102 Å². The minimum atomic E-state index is -0.842. The maximum Gasteiger partial charge on any atom is 0.303 e. The molecule has 0 aromatic carbocycles. The Balaban J connectivity index is 2.72. The zero-order valence-electron chi connectivity index (χ0n) is 10.6. The number of rotatable bonds is 5. The quantitative estimate of drug-likeness (QED) is 0.749. The molecule has 0 aliphatic carbocycles. The lowest BCUT2D eigenvalue weighted by atomic mass is 10.1. The average molecular weight is 242 g/mol. The van der Waals surface area contributed by atoms with Gasteiger partial charge in [0.1, 0.15) is 0 Å². The predicted molar refractivity (Wildman–Crippen MR) is 64.7 cm³/mol. The predicted octanol–water partition coefficient (Wildman–Crippen LogP) is 0.840. The number of nitrogens with zero attached hydrogens (tertiary/aromatic N) is 1. The van der Waals surface area contributed by atoms with E-state index in [2.05, 4.69) is 24.1 Å². The number of aliphatic carboxylic acids is 1. The number of carbonyl (C=O) groups is 2. The Morgan fingerprint density at radius 2 is 2.35 bits per heavy atom. The first-order chi connectivity index (χ1) is 8.06. The van der Waals surface area contributed by atoms with Crippen LogP contribution in [0.15, 0.2) is 0 Å². The van der Waals surface area contributed by atoms with Crippen molar-refractivity contribution in [3.05, 3.63) is 0 Å². The Morgan fingerprint density at radius 1 is 1.65 bits per heavy atom. The van der Waals surface area contributed by atoms with Crippen LogP contribution in [0.2, 0.25) is 0 Å². The fraction of sp³-hybridized carbons (Fsp3) is 0.833. The number of carboxylic acids is 1. The third-order valence-corrected chi connectivity index (χ3v) is 3.38. The number of hydrogen-bond donors (Lipinski definition) is 2. The Kier molecular flexibility index (Phi) is 5.41. The molecule has 1 amide bonds. The molecule has 1 aliphatic heterocycles. The largest absolute Gasteiger partial charge is 0.481 e. The molecule has 2 N–H and O–H groups in total. The Bertz CT molecular complexity index is 281. The van der Waals surface area contributed by atoms with E-state index in [1.54, 1.807) is 0 Å². The summed E-state index contributed by atoms with van der Waals surface area (Å²) in [4.78, 5) is 24.7. The van der Waals surface area contributed by atoms with Gasteiger partial charge in [0, 0.05) is 25.6 Å². The van der Waals surface area contributed by atoms with Gasteiger partial charge < -0.3 is 10.4 Å². The van der Waals surface area contributed by atoms with Crippen LogP contribution in [0.4, 0.5) is 0 Å². The zero-order valence-corrected chi connectivity index (χ0v) is 10.6. The molecule has 0 aromatic heterocycles. The monoisotopic (exact) mass is 242 g/mol. The summed E-state index contributed by atoms with van der Waals surface area (Å²) in [6.45, 7) is 5.72. The average Bonchev–Trinajstić information content (AvgIpc) is 2.47. The van der Waals surface area contributed by atoms with Gasteiger partial charge >= 0.3 is 5.97 Å². The second-order valence-corrected chi connectivity index (χ2v) is 4.59. The highest BCUT2D eigenvalue weighted by Gasteiger charge is 2.30. The lowest BCUT2D eigenvalue weighted by Gasteiger charge is -2.33. The van der Waals surface area contributed by atoms with E-state index in [-0.39, 0.29) is 18.4 Å². The molecule has 1 heterocycles. The molecule has 5 nitrogen and oxygen atoms in total. The highest BCUT2D eigenvalue weighted by atomic mass is 16.4. The summed E-state index contributed by atoms with van der Waals surface area (Å²) in [5, 5.41) is 11.6. The van der Waals surface area contributed by atoms with Gasteiger partial charge in [-0.3, -0.25) is 14.5 Å². The lowest BCUT2D eigenvalue weighted by molar-refractivity contribution is -0.137. The first-order valence-corrected chi connectivity index (χ1v) is 6.31. The van der Waals surface area contributed by atoms with Gasteiger partial charge in [0.05, 0.1) is 6.04 Å². The van der Waals surface area contributed by atoms with Gasteiger partial charge in [-0.25, -0.2) is 0 Å². The lowest BCUT2D eigenvalue weighted by Crippen LogP contribution is -2.48. The maximum atomic E-state index is 11.9. The molecule has 1 rings (SSSR count). The summed E-state index contributed by atoms with van der Waals surface area (Å²) in [7, 11) is 0. The van der Waals surface area contributed by atoms with Crippen LogP contribution in [0.25, 0.3) is 0 Å². The fourth-order valence-corrected chi connectivity index (χ4v) is 2.22. The molecule has 98 valence electrons. The first-order valence-electron chi connectivity index (χ1n) is 6.31. The van der Waals surface area contributed by atoms with Crippen molar-refractivity contribution >= 4 is 11.9 Å². The Morgan fingerprint density at radius 3 is 2.94 bits per heavy atom. The zero-order chi connectivity index (χ0) is 12.8. The van der Waals surface area contributed by atoms with Gasteiger partial charge in [-0.1, -0.05) is 6.92 Å². The highest BCUT2D eigenvalue weighted by Crippen LogP contribution is 2.16. The normalized spacial score (nSPS) is 23.9. The van der Waals surface area contributed by atoms with Crippen molar-refractivity contribution in [2.24, 2.45) is 0 Å². The van der Waals surface area contributed by atoms with E-state index in [1.165, 1.54) is 0 Å². The van der Waals surface area contributed by atoms with Crippen LogP contribution in [0.3, 0.4) is 0 Å². The molecule has 0 aromatic rings. The van der Waals surface area contributed by atoms with Crippen LogP contribution in [0, 0.1) is 0 Å². The number of nitrogens with one attached hydrogen (secondary N) is 1. The van der Waals surface area contributed by atoms with E-state index in [9.17, 15) is 9.59 Å². The third kappa shape index (κ3) is 4.00. The van der Waals surface area contributed by atoms with Crippen molar-refractivity contribution in [2.75, 3.05) is 13.1 Å². The number of amides is 1. The number of hydrogen-bond acceptors (Lipinski definition) is 3. The third-order valence-electron chi connectivity index (χ3n) is 3.38. The summed E-state index contributed by atoms with van der Waals surface area (Å²) in [5.41, 5.74) is 0. The molecule has 2 atom stereocenters. The molecule has 17 heavy (non-hydrogen) atoms. The highest BCUT2D eigenvalue weighted by molar-refractivity contribution is 5.82. The van der Waals surface area contributed by atoms with Crippen molar-refractivity contribution in [1.82, 2.24) is 10.2 Å². The van der Waals surface area contributed by atoms with E-state index >= 15 is 0 Å². The fourth-order valence-electron chi connectivity index (χ4n) is 2.22. The maximum absolute atomic E-state index is 11.9. The molecule has 0 spiro atoms. The van der Waals surface area contributed by atoms with Crippen LogP contribution >= 0.6 is 0 Å². The van der Waals surface area contributed by atoms with Crippen LogP contribution < -0.4 is 5.32 Å². The number of carboxylic acid groups (broad SMARTS) is 1. The minimum absolute atomic E-state index is 0.0240. The molecule has 0 radical (unpaired) electrons. The van der Waals surface area contributed by atoms with E-state index in [0.29, 0.717) is 19.0 Å². The van der Waals surface area contributed by atoms with Crippen LogP contribution in [0.1, 0.15) is 39.5 Å². The van der Waals surface area contributed by atoms with Crippen molar-refractivity contribution in [3.63, 3.8) is 0 Å². The molecule has 2 unspecified atom stereocenters. The van der Waals surface area contributed by atoms with Gasteiger partial charge in [0.25, 0.3) is 0 Å². The summed E-state index contributed by atoms with van der Waals surface area (Å²) >= 11 is 0. The van der Waals surface area contributed by atoms with Gasteiger partial charge in [-0.2, -0.15) is 0 Å². The first kappa shape index (κ1) is 14.0. The number of carbonyl (C=O) groups excluding carboxylic acids is 1. The molecule has 1 fully saturated rings. The SMILES string of the molecule is CCC(C)N1CCCNC(=O)C1CCC(=O)O. The van der Waals surface area contributed by atoms with Crippen molar-refractivity contribution < 1.29 is 14.7 Å². The van der Waals surface area contributed by atoms with Gasteiger partial charge in [0.2, 0.25) is 5.91 Å². The second-order valence-electron chi connectivity index (χ2n) is 4.59. The Hall–Kier alpha value is -1.10. The molecule has 0 saturated carbocycles. The summed E-state index contributed by atoms with van der Waals surface area (Å²) in [6.07, 6.45) is 2.34. The second kappa shape index (κ2) is 6.59. The summed E-state index contributed by atoms with van der Waals surface area (Å²) < 4.78 is 0. The topological polar surface area (TPSA) is 69.6 Å². The van der Waals surface area contributed by atoms with Gasteiger partial charge in [-0.05, 0) is 26.2 Å². The summed E-state index contributed by atoms with van der Waals surface area (Å²) in [6, 6.07) is 0.0289.